The van der Waals surface area contributed by atoms with Crippen LogP contribution in [0.3, 0.4) is 0 Å². The number of aliphatic hydroxyl groups excluding tert-OH is 1. The van der Waals surface area contributed by atoms with Crippen molar-refractivity contribution in [3.8, 4) is 0 Å². The summed E-state index contributed by atoms with van der Waals surface area (Å²) in [7, 11) is -1.47. The largest absolute Gasteiger partial charge is 0.390 e. The number of methoxy groups -OCH3 is 1. The highest BCUT2D eigenvalue weighted by Gasteiger charge is 2.35. The Bertz CT molecular complexity index is 782. The van der Waals surface area contributed by atoms with Gasteiger partial charge in [0.2, 0.25) is 0 Å². The molecule has 2 rings (SSSR count). The number of hydrogen-bond donors (Lipinski definition) is 2. The average Bonchev–Trinajstić information content (AvgIpc) is 3.09. The van der Waals surface area contributed by atoms with Crippen molar-refractivity contribution >= 4 is 6.29 Å². The van der Waals surface area contributed by atoms with Crippen molar-refractivity contribution in [2.45, 2.75) is 89.1 Å². The van der Waals surface area contributed by atoms with E-state index >= 15 is 0 Å². The first-order valence-corrected chi connectivity index (χ1v) is 10.5. The summed E-state index contributed by atoms with van der Waals surface area (Å²) in [4.78, 5) is 37.0. The Kier molecular flexibility index (Phi) is 8.99. The average molecular weight is 414 g/mol. The van der Waals surface area contributed by atoms with Gasteiger partial charge in [0.15, 0.2) is 0 Å². The van der Waals surface area contributed by atoms with Crippen LogP contribution in [0.4, 0.5) is 0 Å². The minimum atomic E-state index is -1.47. The number of aromatic nitrogens is 2. The molecule has 0 radical (unpaired) electrons. The molecule has 0 aromatic carbocycles. The van der Waals surface area contributed by atoms with Crippen molar-refractivity contribution in [3.05, 3.63) is 32.6 Å². The molecule has 4 unspecified atom stereocenters. The van der Waals surface area contributed by atoms with Gasteiger partial charge in [-0.2, -0.15) is 0 Å². The van der Waals surface area contributed by atoms with Gasteiger partial charge in [0.1, 0.15) is 18.6 Å². The van der Waals surface area contributed by atoms with E-state index in [-0.39, 0.29) is 13.0 Å². The molecule has 0 amide bonds. The molecule has 0 spiro atoms. The Balaban J connectivity index is 1.80. The molecule has 2 N–H and O–H groups in total. The van der Waals surface area contributed by atoms with Crippen molar-refractivity contribution in [1.29, 1.82) is 0 Å². The molecule has 1 fully saturated rings. The van der Waals surface area contributed by atoms with Gasteiger partial charge < -0.3 is 19.4 Å². The molecule has 29 heavy (non-hydrogen) atoms. The SMILES string of the molecule is [2H]C([3H])OCC1OC(n2cc(CCCCCCCCCCC=O)c(=O)[nH]c2=O)CC1O. The first kappa shape index (κ1) is 20.5. The van der Waals surface area contributed by atoms with E-state index in [9.17, 15) is 19.5 Å². The maximum atomic E-state index is 12.2. The predicted molar refractivity (Wildman–Crippen MR) is 109 cm³/mol. The van der Waals surface area contributed by atoms with Crippen LogP contribution in [0.5, 0.6) is 0 Å². The van der Waals surface area contributed by atoms with Crippen LogP contribution in [-0.2, 0) is 20.7 Å². The lowest BCUT2D eigenvalue weighted by atomic mass is 10.0. The molecule has 8 nitrogen and oxygen atoms in total. The fraction of sp³-hybridized carbons (Fsp3) is 0.762. The number of ether oxygens (including phenoxy) is 2. The lowest BCUT2D eigenvalue weighted by Gasteiger charge is -2.16. The van der Waals surface area contributed by atoms with Gasteiger partial charge in [-0.25, -0.2) is 4.79 Å². The molecular weight excluding hydrogens is 376 g/mol. The minimum absolute atomic E-state index is 0.114. The van der Waals surface area contributed by atoms with E-state index in [0.717, 1.165) is 57.7 Å². The number of rotatable bonds is 14. The van der Waals surface area contributed by atoms with Gasteiger partial charge in [-0.3, -0.25) is 14.3 Å². The van der Waals surface area contributed by atoms with Crippen LogP contribution < -0.4 is 11.2 Å². The monoisotopic (exact) mass is 413 g/mol. The quantitative estimate of drug-likeness (QED) is 0.357. The summed E-state index contributed by atoms with van der Waals surface area (Å²) in [5, 5.41) is 10.1. The Hall–Kier alpha value is -1.77. The van der Waals surface area contributed by atoms with Gasteiger partial charge in [-0.05, 0) is 19.3 Å². The lowest BCUT2D eigenvalue weighted by molar-refractivity contribution is -0.107. The second-order valence-corrected chi connectivity index (χ2v) is 7.62. The highest BCUT2D eigenvalue weighted by Crippen LogP contribution is 2.27. The standard InChI is InChI=1S/C21H34N2O6/c1-28-15-18-17(25)13-19(29-18)23-14-16(20(26)22-21(23)27)11-9-7-5-3-2-4-6-8-10-12-24/h12,14,17-19,25H,2-11,13,15H2,1H3,(H,22,26,27)/i1TD. The Morgan fingerprint density at radius 1 is 1.31 bits per heavy atom. The summed E-state index contributed by atoms with van der Waals surface area (Å²) in [6.45, 7) is -0.114. The fourth-order valence-corrected chi connectivity index (χ4v) is 3.65. The van der Waals surface area contributed by atoms with E-state index in [1.54, 1.807) is 0 Å². The third kappa shape index (κ3) is 7.53. The van der Waals surface area contributed by atoms with E-state index in [4.69, 9.17) is 12.2 Å². The Morgan fingerprint density at radius 2 is 2.00 bits per heavy atom. The maximum absolute atomic E-state index is 12.2. The molecule has 1 aromatic rings. The lowest BCUT2D eigenvalue weighted by Crippen LogP contribution is -2.34. The van der Waals surface area contributed by atoms with Crippen LogP contribution in [0.25, 0.3) is 0 Å². The topological polar surface area (TPSA) is 111 Å². The number of carbonyl (C=O) groups excluding carboxylic acids is 1. The van der Waals surface area contributed by atoms with Crippen LogP contribution in [0, 0.1) is 0 Å². The van der Waals surface area contributed by atoms with Crippen molar-refractivity contribution in [3.63, 3.8) is 0 Å². The first-order valence-electron chi connectivity index (χ1n) is 11.7. The highest BCUT2D eigenvalue weighted by atomic mass is 16.6. The predicted octanol–water partition coefficient (Wildman–Crippen LogP) is 2.08. The zero-order chi connectivity index (χ0) is 22.6. The molecule has 164 valence electrons. The molecule has 1 aromatic heterocycles. The summed E-state index contributed by atoms with van der Waals surface area (Å²) < 4.78 is 25.9. The van der Waals surface area contributed by atoms with E-state index in [0.29, 0.717) is 18.4 Å². The van der Waals surface area contributed by atoms with Gasteiger partial charge in [0.25, 0.3) is 5.56 Å². The number of unbranched alkanes of at least 4 members (excludes halogenated alkanes) is 8. The molecule has 0 saturated carbocycles. The van der Waals surface area contributed by atoms with Crippen LogP contribution in [-0.4, -0.2) is 46.8 Å². The zero-order valence-corrected chi connectivity index (χ0v) is 16.9. The second kappa shape index (κ2) is 12.7. The number of nitrogens with one attached hydrogen (secondary N) is 1. The second-order valence-electron chi connectivity index (χ2n) is 7.62. The van der Waals surface area contributed by atoms with Crippen molar-refractivity contribution < 1.29 is 22.1 Å². The van der Waals surface area contributed by atoms with Crippen LogP contribution in [0.1, 0.15) is 78.7 Å². The van der Waals surface area contributed by atoms with Crippen LogP contribution in [0.15, 0.2) is 15.8 Å². The van der Waals surface area contributed by atoms with Crippen molar-refractivity contribution in [1.82, 2.24) is 9.55 Å². The number of H-pyrrole nitrogens is 1. The summed E-state index contributed by atoms with van der Waals surface area (Å²) in [5.74, 6) is 0. The van der Waals surface area contributed by atoms with Gasteiger partial charge in [-0.1, -0.05) is 38.5 Å². The van der Waals surface area contributed by atoms with Crippen molar-refractivity contribution in [2.75, 3.05) is 13.7 Å². The smallest absolute Gasteiger partial charge is 0.330 e. The van der Waals surface area contributed by atoms with E-state index in [1.165, 1.54) is 10.8 Å². The van der Waals surface area contributed by atoms with Gasteiger partial charge in [0.05, 0.1) is 15.5 Å². The fourth-order valence-electron chi connectivity index (χ4n) is 3.65. The molecule has 0 bridgehead atoms. The zero-order valence-electron chi connectivity index (χ0n) is 18.9. The Labute approximate surface area is 174 Å². The third-order valence-corrected chi connectivity index (χ3v) is 5.33. The Morgan fingerprint density at radius 3 is 2.69 bits per heavy atom. The van der Waals surface area contributed by atoms with Gasteiger partial charge >= 0.3 is 5.69 Å². The number of nitrogens with zero attached hydrogens (tertiary/aromatic N) is 1. The normalized spacial score (nSPS) is 23.6. The van der Waals surface area contributed by atoms with Gasteiger partial charge in [0, 0.05) is 31.7 Å². The number of aliphatic hydroxyl groups is 1. The molecule has 1 aliphatic rings. The van der Waals surface area contributed by atoms with Crippen LogP contribution >= 0.6 is 0 Å². The molecular formula is C21H34N2O6. The summed E-state index contributed by atoms with van der Waals surface area (Å²) >= 11 is 0. The summed E-state index contributed by atoms with van der Waals surface area (Å²) in [6.07, 6.45) is 9.86. The summed E-state index contributed by atoms with van der Waals surface area (Å²) in [6, 6.07) is 0. The highest BCUT2D eigenvalue weighted by molar-refractivity contribution is 5.48. The number of aldehydes is 1. The molecule has 1 aliphatic heterocycles. The third-order valence-electron chi connectivity index (χ3n) is 5.33. The molecule has 2 heterocycles. The van der Waals surface area contributed by atoms with E-state index < -0.39 is 36.7 Å². The first-order chi connectivity index (χ1) is 14.9. The van der Waals surface area contributed by atoms with E-state index in [1.807, 2.05) is 0 Å². The number of hydrogen-bond acceptors (Lipinski definition) is 6. The number of aryl methyl sites for hydroxylation is 1. The maximum Gasteiger partial charge on any atom is 0.330 e. The molecule has 4 atom stereocenters. The minimum Gasteiger partial charge on any atom is -0.390 e. The van der Waals surface area contributed by atoms with Crippen LogP contribution in [0.2, 0.25) is 0 Å². The molecule has 0 aliphatic carbocycles. The summed E-state index contributed by atoms with van der Waals surface area (Å²) in [5.41, 5.74) is -0.495. The molecule has 1 saturated heterocycles. The molecule has 8 heteroatoms. The number of aromatic amines is 1. The van der Waals surface area contributed by atoms with E-state index in [2.05, 4.69) is 4.98 Å². The van der Waals surface area contributed by atoms with Gasteiger partial charge in [-0.15, -0.1) is 0 Å². The van der Waals surface area contributed by atoms with Crippen molar-refractivity contribution in [2.24, 2.45) is 0 Å². The number of carbonyl (C=O) groups is 1.